The van der Waals surface area contributed by atoms with Crippen molar-refractivity contribution < 1.29 is 23.9 Å². The number of nitrogens with zero attached hydrogens (tertiary/aromatic N) is 1. The molecule has 1 aliphatic heterocycles. The molecule has 170 valence electrons. The highest BCUT2D eigenvalue weighted by Gasteiger charge is 2.50. The van der Waals surface area contributed by atoms with E-state index in [-0.39, 0.29) is 40.2 Å². The Kier molecular flexibility index (Phi) is 6.54. The minimum Gasteiger partial charge on any atom is -0.452 e. The third-order valence-corrected chi connectivity index (χ3v) is 6.51. The van der Waals surface area contributed by atoms with Gasteiger partial charge in [-0.05, 0) is 54.8 Å². The summed E-state index contributed by atoms with van der Waals surface area (Å²) < 4.78 is 5.05. The molecule has 1 N–H and O–H groups in total. The molecule has 0 unspecified atom stereocenters. The number of ether oxygens (including phenoxy) is 1. The van der Waals surface area contributed by atoms with Gasteiger partial charge in [0.1, 0.15) is 0 Å². The second-order valence-electron chi connectivity index (χ2n) is 7.97. The average Bonchev–Trinajstić information content (AvgIpc) is 3.06. The van der Waals surface area contributed by atoms with Gasteiger partial charge in [-0.15, -0.1) is 0 Å². The molecule has 1 aliphatic carbocycles. The molecule has 0 spiro atoms. The summed E-state index contributed by atoms with van der Waals surface area (Å²) in [5, 5.41) is 3.19. The number of carbonyl (C=O) groups excluding carboxylic acids is 4. The van der Waals surface area contributed by atoms with Crippen molar-refractivity contribution >= 4 is 58.3 Å². The predicted octanol–water partition coefficient (Wildman–Crippen LogP) is 4.49. The molecule has 2 aliphatic rings. The van der Waals surface area contributed by atoms with Gasteiger partial charge < -0.3 is 10.1 Å². The molecule has 0 radical (unpaired) electrons. The Hall–Kier alpha value is -3.16. The van der Waals surface area contributed by atoms with E-state index in [1.165, 1.54) is 41.3 Å². The monoisotopic (exact) mass is 486 g/mol. The summed E-state index contributed by atoms with van der Waals surface area (Å²) in [5.41, 5.74) is 1.01. The lowest BCUT2D eigenvalue weighted by Gasteiger charge is -2.22. The van der Waals surface area contributed by atoms with Gasteiger partial charge in [-0.25, -0.2) is 4.79 Å². The van der Waals surface area contributed by atoms with E-state index in [2.05, 4.69) is 5.32 Å². The molecular formula is C24H20Cl2N2O5. The van der Waals surface area contributed by atoms with Crippen LogP contribution in [0, 0.1) is 17.8 Å². The number of hydrogen-bond acceptors (Lipinski definition) is 5. The maximum Gasteiger partial charge on any atom is 0.338 e. The number of esters is 1. The Labute approximate surface area is 200 Å². The van der Waals surface area contributed by atoms with Crippen LogP contribution in [0.2, 0.25) is 10.0 Å². The Morgan fingerprint density at radius 1 is 1.06 bits per heavy atom. The van der Waals surface area contributed by atoms with Crippen LogP contribution in [0.1, 0.15) is 23.7 Å². The van der Waals surface area contributed by atoms with Crippen LogP contribution < -0.4 is 10.2 Å². The fraction of sp³-hybridized carbons (Fsp3) is 0.250. The van der Waals surface area contributed by atoms with Crippen molar-refractivity contribution in [2.45, 2.75) is 13.3 Å². The molecule has 1 saturated heterocycles. The molecule has 4 rings (SSSR count). The van der Waals surface area contributed by atoms with Crippen molar-refractivity contribution in [3.8, 4) is 0 Å². The van der Waals surface area contributed by atoms with E-state index in [0.29, 0.717) is 22.8 Å². The van der Waals surface area contributed by atoms with Gasteiger partial charge >= 0.3 is 5.97 Å². The number of nitrogens with one attached hydrogen (secondary N) is 1. The molecule has 9 heteroatoms. The molecule has 0 bridgehead atoms. The van der Waals surface area contributed by atoms with Crippen LogP contribution in [0.15, 0.2) is 54.6 Å². The van der Waals surface area contributed by atoms with E-state index in [9.17, 15) is 19.2 Å². The van der Waals surface area contributed by atoms with Crippen LogP contribution in [-0.4, -0.2) is 30.3 Å². The zero-order chi connectivity index (χ0) is 23.7. The van der Waals surface area contributed by atoms with E-state index in [1.54, 1.807) is 6.07 Å². The lowest BCUT2D eigenvalue weighted by Crippen LogP contribution is -2.31. The Morgan fingerprint density at radius 3 is 2.45 bits per heavy atom. The molecule has 2 aromatic rings. The summed E-state index contributed by atoms with van der Waals surface area (Å²) >= 11 is 11.7. The van der Waals surface area contributed by atoms with Gasteiger partial charge in [0.05, 0.1) is 33.1 Å². The van der Waals surface area contributed by atoms with Crippen molar-refractivity contribution in [2.75, 3.05) is 16.8 Å². The quantitative estimate of drug-likeness (QED) is 0.381. The highest BCUT2D eigenvalue weighted by Crippen LogP contribution is 2.40. The fourth-order valence-electron chi connectivity index (χ4n) is 4.13. The first-order valence-electron chi connectivity index (χ1n) is 10.3. The highest BCUT2D eigenvalue weighted by molar-refractivity contribution is 6.42. The van der Waals surface area contributed by atoms with Gasteiger partial charge in [0.15, 0.2) is 6.61 Å². The number of benzene rings is 2. The topological polar surface area (TPSA) is 92.8 Å². The number of imide groups is 1. The van der Waals surface area contributed by atoms with E-state index in [1.807, 2.05) is 19.1 Å². The molecule has 2 aromatic carbocycles. The van der Waals surface area contributed by atoms with E-state index < -0.39 is 18.5 Å². The molecule has 3 atom stereocenters. The molecule has 0 aromatic heterocycles. The van der Waals surface area contributed by atoms with Crippen LogP contribution in [0.25, 0.3) is 0 Å². The first kappa shape index (κ1) is 23.0. The molecule has 1 heterocycles. The molecule has 7 nitrogen and oxygen atoms in total. The Morgan fingerprint density at radius 2 is 1.79 bits per heavy atom. The smallest absolute Gasteiger partial charge is 0.338 e. The minimum atomic E-state index is -0.712. The predicted molar refractivity (Wildman–Crippen MR) is 124 cm³/mol. The van der Waals surface area contributed by atoms with Crippen molar-refractivity contribution in [2.24, 2.45) is 17.8 Å². The number of halogens is 2. The molecule has 1 fully saturated rings. The molecule has 3 amide bonds. The summed E-state index contributed by atoms with van der Waals surface area (Å²) in [6.45, 7) is 1.43. The number of anilines is 2. The third kappa shape index (κ3) is 4.65. The van der Waals surface area contributed by atoms with Gasteiger partial charge in [-0.1, -0.05) is 42.3 Å². The van der Waals surface area contributed by atoms with Gasteiger partial charge in [0, 0.05) is 5.69 Å². The summed E-state index contributed by atoms with van der Waals surface area (Å²) in [6.07, 6.45) is 4.45. The van der Waals surface area contributed by atoms with Crippen LogP contribution in [-0.2, 0) is 19.1 Å². The van der Waals surface area contributed by atoms with E-state index >= 15 is 0 Å². The van der Waals surface area contributed by atoms with Gasteiger partial charge in [-0.2, -0.15) is 0 Å². The number of hydrogen-bond donors (Lipinski definition) is 1. The van der Waals surface area contributed by atoms with E-state index in [0.717, 1.165) is 0 Å². The normalized spacial score (nSPS) is 21.7. The lowest BCUT2D eigenvalue weighted by atomic mass is 9.78. The van der Waals surface area contributed by atoms with E-state index in [4.69, 9.17) is 27.9 Å². The second-order valence-corrected chi connectivity index (χ2v) is 8.78. The number of carbonyl (C=O) groups is 4. The van der Waals surface area contributed by atoms with Crippen LogP contribution in [0.3, 0.4) is 0 Å². The molecule has 0 saturated carbocycles. The lowest BCUT2D eigenvalue weighted by molar-refractivity contribution is -0.123. The zero-order valence-electron chi connectivity index (χ0n) is 17.6. The van der Waals surface area contributed by atoms with Crippen LogP contribution >= 0.6 is 23.2 Å². The summed E-state index contributed by atoms with van der Waals surface area (Å²) in [4.78, 5) is 51.2. The highest BCUT2D eigenvalue weighted by atomic mass is 35.5. The fourth-order valence-corrected chi connectivity index (χ4v) is 4.43. The largest absolute Gasteiger partial charge is 0.452 e. The first-order valence-corrected chi connectivity index (χ1v) is 11.1. The molecular weight excluding hydrogens is 467 g/mol. The SMILES string of the molecule is C[C@@H]1C=CC[C@H]2C(=O)N(c3ccc(C(=O)OCC(=O)Nc4ccc(Cl)c(Cl)c4)cc3)C(=O)[C@@H]12. The van der Waals surface area contributed by atoms with Crippen LogP contribution in [0.5, 0.6) is 0 Å². The summed E-state index contributed by atoms with van der Waals surface area (Å²) in [5.74, 6) is -2.42. The Bertz CT molecular complexity index is 1160. The average molecular weight is 487 g/mol. The number of allylic oxidation sites excluding steroid dienone is 2. The second kappa shape index (κ2) is 9.37. The van der Waals surface area contributed by atoms with Crippen LogP contribution in [0.4, 0.5) is 11.4 Å². The van der Waals surface area contributed by atoms with Gasteiger partial charge in [0.2, 0.25) is 11.8 Å². The van der Waals surface area contributed by atoms with Crippen molar-refractivity contribution in [3.05, 3.63) is 70.2 Å². The third-order valence-electron chi connectivity index (χ3n) is 5.77. The summed E-state index contributed by atoms with van der Waals surface area (Å²) in [6, 6.07) is 10.6. The van der Waals surface area contributed by atoms with Crippen molar-refractivity contribution in [3.63, 3.8) is 0 Å². The van der Waals surface area contributed by atoms with Gasteiger partial charge in [0.25, 0.3) is 5.91 Å². The van der Waals surface area contributed by atoms with Crippen molar-refractivity contribution in [1.29, 1.82) is 0 Å². The van der Waals surface area contributed by atoms with Gasteiger partial charge in [-0.3, -0.25) is 19.3 Å². The van der Waals surface area contributed by atoms with Crippen molar-refractivity contribution in [1.82, 2.24) is 0 Å². The Balaban J connectivity index is 1.36. The number of rotatable bonds is 5. The maximum absolute atomic E-state index is 12.9. The molecule has 33 heavy (non-hydrogen) atoms. The summed E-state index contributed by atoms with van der Waals surface area (Å²) in [7, 11) is 0. The number of fused-ring (bicyclic) bond motifs is 1. The zero-order valence-corrected chi connectivity index (χ0v) is 19.1. The number of amides is 3. The minimum absolute atomic E-state index is 0.00510. The standard InChI is InChI=1S/C24H20Cl2N2O5/c1-13-3-2-4-17-21(13)23(31)28(22(17)30)16-8-5-14(6-9-16)24(32)33-12-20(29)27-15-7-10-18(25)19(26)11-15/h2-3,5-11,13,17,21H,4,12H2,1H3,(H,27,29)/t13-,17-,21+/m1/s1. The first-order chi connectivity index (χ1) is 15.8. The maximum atomic E-state index is 12.9.